The van der Waals surface area contributed by atoms with Crippen LogP contribution in [0.15, 0.2) is 12.1 Å². The number of amides is 1. The number of carbonyl (C=O) groups excluding carboxylic acids is 1. The molecule has 0 saturated carbocycles. The van der Waals surface area contributed by atoms with Crippen LogP contribution >= 0.6 is 11.6 Å². The second-order valence-corrected chi connectivity index (χ2v) is 6.82. The molecule has 1 amide bonds. The molecule has 1 atom stereocenters. The van der Waals surface area contributed by atoms with Gasteiger partial charge in [-0.3, -0.25) is 19.8 Å². The van der Waals surface area contributed by atoms with Crippen LogP contribution in [0.1, 0.15) is 37.8 Å². The van der Waals surface area contributed by atoms with Crippen molar-refractivity contribution in [2.24, 2.45) is 0 Å². The van der Waals surface area contributed by atoms with Gasteiger partial charge in [0.05, 0.1) is 4.92 Å². The smallest absolute Gasteiger partial charge is 0.274 e. The third-order valence-electron chi connectivity index (χ3n) is 4.54. The summed E-state index contributed by atoms with van der Waals surface area (Å²) in [4.78, 5) is 27.0. The molecule has 2 rings (SSSR count). The van der Waals surface area contributed by atoms with Crippen LogP contribution in [0.4, 0.5) is 5.69 Å². The zero-order chi connectivity index (χ0) is 17.9. The van der Waals surface area contributed by atoms with Crippen LogP contribution in [0.2, 0.25) is 5.02 Å². The summed E-state index contributed by atoms with van der Waals surface area (Å²) < 4.78 is 0. The van der Waals surface area contributed by atoms with Gasteiger partial charge in [0.2, 0.25) is 5.91 Å². The van der Waals surface area contributed by atoms with E-state index >= 15 is 0 Å². The normalized spacial score (nSPS) is 18.7. The first-order valence-electron chi connectivity index (χ1n) is 8.28. The average Bonchev–Trinajstić information content (AvgIpc) is 2.50. The number of hydrogen-bond acceptors (Lipinski definition) is 4. The van der Waals surface area contributed by atoms with Gasteiger partial charge in [-0.2, -0.15) is 0 Å². The third-order valence-corrected chi connectivity index (χ3v) is 4.76. The molecule has 0 bridgehead atoms. The maximum Gasteiger partial charge on any atom is 0.274 e. The molecule has 0 spiro atoms. The summed E-state index contributed by atoms with van der Waals surface area (Å²) in [6.07, 6.45) is 1.45. The predicted octanol–water partition coefficient (Wildman–Crippen LogP) is 3.39. The lowest BCUT2D eigenvalue weighted by molar-refractivity contribution is -0.385. The van der Waals surface area contributed by atoms with Gasteiger partial charge in [0.1, 0.15) is 0 Å². The first-order valence-corrected chi connectivity index (χ1v) is 8.66. The van der Waals surface area contributed by atoms with Crippen LogP contribution in [0.3, 0.4) is 0 Å². The number of nitro benzene ring substituents is 1. The largest absolute Gasteiger partial charge is 0.337 e. The highest BCUT2D eigenvalue weighted by Gasteiger charge is 2.27. The van der Waals surface area contributed by atoms with E-state index in [9.17, 15) is 14.9 Å². The number of hydrogen-bond donors (Lipinski definition) is 0. The van der Waals surface area contributed by atoms with Gasteiger partial charge in [-0.25, -0.2) is 0 Å². The van der Waals surface area contributed by atoms with Crippen molar-refractivity contribution in [3.8, 4) is 0 Å². The summed E-state index contributed by atoms with van der Waals surface area (Å²) >= 11 is 6.04. The maximum absolute atomic E-state index is 12.1. The molecule has 1 fully saturated rings. The standard InChI is InChI=1S/C17H24ClN3O3/c1-4-5-17(22)20-7-6-19(10-12(20)2)11-14-8-15(18)9-16(13(14)3)21(23)24/h8-9,12H,4-7,10-11H2,1-3H3. The van der Waals surface area contributed by atoms with E-state index in [1.165, 1.54) is 6.07 Å². The Bertz CT molecular complexity index is 636. The quantitative estimate of drug-likeness (QED) is 0.601. The Morgan fingerprint density at radius 3 is 2.71 bits per heavy atom. The minimum atomic E-state index is -0.394. The number of benzene rings is 1. The Morgan fingerprint density at radius 2 is 2.12 bits per heavy atom. The summed E-state index contributed by atoms with van der Waals surface area (Å²) in [6, 6.07) is 3.33. The third kappa shape index (κ3) is 4.24. The van der Waals surface area contributed by atoms with E-state index in [1.54, 1.807) is 13.0 Å². The Morgan fingerprint density at radius 1 is 1.42 bits per heavy atom. The van der Waals surface area contributed by atoms with Gasteiger partial charge in [-0.05, 0) is 31.9 Å². The van der Waals surface area contributed by atoms with Gasteiger partial charge in [0.15, 0.2) is 0 Å². The molecule has 1 aromatic rings. The molecule has 7 heteroatoms. The summed E-state index contributed by atoms with van der Waals surface area (Å²) in [6.45, 7) is 8.64. The molecule has 1 aliphatic rings. The van der Waals surface area contributed by atoms with Gasteiger partial charge in [-0.15, -0.1) is 0 Å². The molecule has 1 unspecified atom stereocenters. The van der Waals surface area contributed by atoms with Crippen molar-refractivity contribution in [1.82, 2.24) is 9.80 Å². The lowest BCUT2D eigenvalue weighted by Crippen LogP contribution is -2.53. The van der Waals surface area contributed by atoms with Crippen LogP contribution in [-0.2, 0) is 11.3 Å². The van der Waals surface area contributed by atoms with Gasteiger partial charge >= 0.3 is 0 Å². The van der Waals surface area contributed by atoms with Crippen molar-refractivity contribution in [1.29, 1.82) is 0 Å². The summed E-state index contributed by atoms with van der Waals surface area (Å²) in [7, 11) is 0. The minimum absolute atomic E-state index is 0.0577. The monoisotopic (exact) mass is 353 g/mol. The molecule has 6 nitrogen and oxygen atoms in total. The van der Waals surface area contributed by atoms with Gasteiger partial charge in [-0.1, -0.05) is 18.5 Å². The van der Waals surface area contributed by atoms with Crippen molar-refractivity contribution >= 4 is 23.2 Å². The van der Waals surface area contributed by atoms with Crippen molar-refractivity contribution in [2.75, 3.05) is 19.6 Å². The van der Waals surface area contributed by atoms with Crippen LogP contribution < -0.4 is 0 Å². The van der Waals surface area contributed by atoms with Crippen molar-refractivity contribution in [3.63, 3.8) is 0 Å². The molecule has 1 saturated heterocycles. The van der Waals surface area contributed by atoms with Crippen molar-refractivity contribution in [3.05, 3.63) is 38.4 Å². The summed E-state index contributed by atoms with van der Waals surface area (Å²) in [5, 5.41) is 11.5. The molecule has 1 heterocycles. The van der Waals surface area contributed by atoms with Crippen LogP contribution in [0.25, 0.3) is 0 Å². The fraction of sp³-hybridized carbons (Fsp3) is 0.588. The van der Waals surface area contributed by atoms with Gasteiger partial charge < -0.3 is 4.90 Å². The minimum Gasteiger partial charge on any atom is -0.337 e. The van der Waals surface area contributed by atoms with E-state index in [0.717, 1.165) is 25.1 Å². The second kappa shape index (κ2) is 7.94. The number of rotatable bonds is 5. The van der Waals surface area contributed by atoms with Gasteiger partial charge in [0, 0.05) is 55.3 Å². The van der Waals surface area contributed by atoms with Gasteiger partial charge in [0.25, 0.3) is 5.69 Å². The topological polar surface area (TPSA) is 66.7 Å². The summed E-state index contributed by atoms with van der Waals surface area (Å²) in [5.74, 6) is 0.208. The van der Waals surface area contributed by atoms with E-state index in [0.29, 0.717) is 30.1 Å². The number of halogens is 1. The second-order valence-electron chi connectivity index (χ2n) is 6.39. The van der Waals surface area contributed by atoms with Crippen LogP contribution in [0.5, 0.6) is 0 Å². The predicted molar refractivity (Wildman–Crippen MR) is 94.2 cm³/mol. The number of nitro groups is 1. The molecule has 0 aromatic heterocycles. The van der Waals surface area contributed by atoms with Crippen LogP contribution in [-0.4, -0.2) is 46.3 Å². The SMILES string of the molecule is CCCC(=O)N1CCN(Cc2cc(Cl)cc([N+](=O)[O-])c2C)CC1C. The lowest BCUT2D eigenvalue weighted by atomic mass is 10.0. The Kier molecular flexibility index (Phi) is 6.18. The fourth-order valence-corrected chi connectivity index (χ4v) is 3.45. The van der Waals surface area contributed by atoms with Crippen molar-refractivity contribution in [2.45, 2.75) is 46.2 Å². The molecular weight excluding hydrogens is 330 g/mol. The first-order chi connectivity index (χ1) is 11.3. The van der Waals surface area contributed by atoms with E-state index in [2.05, 4.69) is 4.90 Å². The van der Waals surface area contributed by atoms with E-state index < -0.39 is 4.92 Å². The lowest BCUT2D eigenvalue weighted by Gasteiger charge is -2.40. The fourth-order valence-electron chi connectivity index (χ4n) is 3.22. The Labute approximate surface area is 147 Å². The zero-order valence-electron chi connectivity index (χ0n) is 14.4. The van der Waals surface area contributed by atoms with E-state index in [1.807, 2.05) is 18.7 Å². The highest BCUT2D eigenvalue weighted by atomic mass is 35.5. The highest BCUT2D eigenvalue weighted by Crippen LogP contribution is 2.28. The number of carbonyl (C=O) groups is 1. The number of nitrogens with zero attached hydrogens (tertiary/aromatic N) is 3. The van der Waals surface area contributed by atoms with E-state index in [4.69, 9.17) is 11.6 Å². The van der Waals surface area contributed by atoms with Crippen LogP contribution in [0, 0.1) is 17.0 Å². The molecule has 132 valence electrons. The molecule has 1 aromatic carbocycles. The van der Waals surface area contributed by atoms with E-state index in [-0.39, 0.29) is 17.6 Å². The maximum atomic E-state index is 12.1. The first kappa shape index (κ1) is 18.7. The molecule has 24 heavy (non-hydrogen) atoms. The molecule has 0 N–H and O–H groups in total. The molecular formula is C17H24ClN3O3. The Balaban J connectivity index is 2.08. The van der Waals surface area contributed by atoms with Crippen molar-refractivity contribution < 1.29 is 9.72 Å². The molecule has 0 radical (unpaired) electrons. The Hall–Kier alpha value is -1.66. The molecule has 0 aliphatic carbocycles. The molecule has 1 aliphatic heterocycles. The highest BCUT2D eigenvalue weighted by molar-refractivity contribution is 6.30. The summed E-state index contributed by atoms with van der Waals surface area (Å²) in [5.41, 5.74) is 1.58. The average molecular weight is 354 g/mol. The number of piperazine rings is 1. The zero-order valence-corrected chi connectivity index (χ0v) is 15.2.